The number of anilines is 2. The Bertz CT molecular complexity index is 557. The first-order valence-corrected chi connectivity index (χ1v) is 6.97. The van der Waals surface area contributed by atoms with Gasteiger partial charge in [-0.15, -0.1) is 5.10 Å². The van der Waals surface area contributed by atoms with Crippen LogP contribution in [0.1, 0.15) is 12.6 Å². The standard InChI is InChI=1S/C12H13ClN4S/c1-8-6-14-9-4-2-3-5-11(9)17(8)7-10-12(13)18-16-15-10/h2-5,8,14H,6-7H2,1H3. The number of halogens is 1. The fraction of sp³-hybridized carbons (Fsp3) is 0.333. The van der Waals surface area contributed by atoms with Gasteiger partial charge >= 0.3 is 0 Å². The molecule has 3 rings (SSSR count). The Balaban J connectivity index is 1.93. The number of nitrogens with one attached hydrogen (secondary N) is 1. The minimum atomic E-state index is 0.401. The molecule has 1 aliphatic heterocycles. The maximum Gasteiger partial charge on any atom is 0.139 e. The summed E-state index contributed by atoms with van der Waals surface area (Å²) in [6, 6.07) is 8.70. The van der Waals surface area contributed by atoms with Gasteiger partial charge in [-0.25, -0.2) is 0 Å². The second kappa shape index (κ2) is 4.74. The average molecular weight is 281 g/mol. The van der Waals surface area contributed by atoms with Gasteiger partial charge in [-0.05, 0) is 19.1 Å². The molecule has 1 aromatic heterocycles. The second-order valence-corrected chi connectivity index (χ2v) is 5.72. The predicted octanol–water partition coefficient (Wildman–Crippen LogP) is 3.01. The first-order chi connectivity index (χ1) is 8.75. The van der Waals surface area contributed by atoms with Gasteiger partial charge in [0.2, 0.25) is 0 Å². The van der Waals surface area contributed by atoms with Crippen LogP contribution in [-0.4, -0.2) is 22.2 Å². The van der Waals surface area contributed by atoms with Crippen molar-refractivity contribution in [1.82, 2.24) is 9.59 Å². The fourth-order valence-corrected chi connectivity index (χ4v) is 2.78. The Morgan fingerprint density at radius 3 is 3.11 bits per heavy atom. The summed E-state index contributed by atoms with van der Waals surface area (Å²) in [6.45, 7) is 3.82. The summed E-state index contributed by atoms with van der Waals surface area (Å²) < 4.78 is 4.56. The summed E-state index contributed by atoms with van der Waals surface area (Å²) >= 11 is 7.32. The Kier molecular flexibility index (Phi) is 3.09. The molecular formula is C12H13ClN4S. The van der Waals surface area contributed by atoms with E-state index in [0.29, 0.717) is 16.9 Å². The van der Waals surface area contributed by atoms with Crippen LogP contribution in [0.15, 0.2) is 24.3 Å². The van der Waals surface area contributed by atoms with Crippen LogP contribution < -0.4 is 10.2 Å². The van der Waals surface area contributed by atoms with Crippen molar-refractivity contribution in [1.29, 1.82) is 0 Å². The highest BCUT2D eigenvalue weighted by molar-refractivity contribution is 7.10. The minimum absolute atomic E-state index is 0.401. The number of benzene rings is 1. The lowest BCUT2D eigenvalue weighted by molar-refractivity contribution is 0.634. The lowest BCUT2D eigenvalue weighted by atomic mass is 10.1. The van der Waals surface area contributed by atoms with Gasteiger partial charge in [0.15, 0.2) is 0 Å². The van der Waals surface area contributed by atoms with Crippen LogP contribution in [0.25, 0.3) is 0 Å². The molecule has 2 heterocycles. The highest BCUT2D eigenvalue weighted by atomic mass is 35.5. The maximum absolute atomic E-state index is 6.09. The predicted molar refractivity (Wildman–Crippen MR) is 75.5 cm³/mol. The highest BCUT2D eigenvalue weighted by Gasteiger charge is 2.24. The van der Waals surface area contributed by atoms with Crippen LogP contribution in [0.2, 0.25) is 4.34 Å². The third kappa shape index (κ3) is 2.04. The van der Waals surface area contributed by atoms with E-state index in [4.69, 9.17) is 11.6 Å². The summed E-state index contributed by atoms with van der Waals surface area (Å²) in [5.41, 5.74) is 3.21. The molecule has 1 aliphatic rings. The van der Waals surface area contributed by atoms with E-state index in [1.54, 1.807) is 0 Å². The number of aromatic nitrogens is 2. The van der Waals surface area contributed by atoms with Crippen molar-refractivity contribution in [2.75, 3.05) is 16.8 Å². The molecule has 1 aromatic carbocycles. The topological polar surface area (TPSA) is 41.0 Å². The van der Waals surface area contributed by atoms with E-state index in [0.717, 1.165) is 17.9 Å². The molecule has 0 saturated carbocycles. The number of fused-ring (bicyclic) bond motifs is 1. The van der Waals surface area contributed by atoms with E-state index >= 15 is 0 Å². The molecule has 6 heteroatoms. The average Bonchev–Trinajstić information content (AvgIpc) is 2.79. The quantitative estimate of drug-likeness (QED) is 0.918. The normalized spacial score (nSPS) is 18.3. The van der Waals surface area contributed by atoms with Crippen molar-refractivity contribution in [3.05, 3.63) is 34.3 Å². The van der Waals surface area contributed by atoms with Gasteiger partial charge in [0.05, 0.1) is 17.9 Å². The van der Waals surface area contributed by atoms with E-state index < -0.39 is 0 Å². The molecule has 1 atom stereocenters. The summed E-state index contributed by atoms with van der Waals surface area (Å²) in [5.74, 6) is 0. The van der Waals surface area contributed by atoms with Crippen LogP contribution in [-0.2, 0) is 6.54 Å². The third-order valence-electron chi connectivity index (χ3n) is 3.16. The number of rotatable bonds is 2. The molecule has 0 spiro atoms. The zero-order valence-electron chi connectivity index (χ0n) is 9.93. The molecule has 2 aromatic rings. The Hall–Kier alpha value is -1.33. The van der Waals surface area contributed by atoms with Crippen LogP contribution >= 0.6 is 23.1 Å². The zero-order valence-corrected chi connectivity index (χ0v) is 11.5. The summed E-state index contributed by atoms with van der Waals surface area (Å²) in [6.07, 6.45) is 0. The molecule has 94 valence electrons. The molecule has 1 N–H and O–H groups in total. The third-order valence-corrected chi connectivity index (χ3v) is 4.15. The van der Waals surface area contributed by atoms with Crippen LogP contribution in [0, 0.1) is 0 Å². The number of hydrogen-bond acceptors (Lipinski definition) is 5. The SMILES string of the molecule is CC1CNc2ccccc2N1Cc1nnsc1Cl. The summed E-state index contributed by atoms with van der Waals surface area (Å²) in [7, 11) is 0. The molecular weight excluding hydrogens is 268 g/mol. The van der Waals surface area contributed by atoms with Gasteiger partial charge in [0, 0.05) is 24.1 Å². The van der Waals surface area contributed by atoms with Crippen LogP contribution in [0.3, 0.4) is 0 Å². The largest absolute Gasteiger partial charge is 0.381 e. The van der Waals surface area contributed by atoms with Gasteiger partial charge in [-0.3, -0.25) is 0 Å². The van der Waals surface area contributed by atoms with Crippen molar-refractivity contribution in [2.45, 2.75) is 19.5 Å². The number of para-hydroxylation sites is 2. The van der Waals surface area contributed by atoms with E-state index in [-0.39, 0.29) is 0 Å². The minimum Gasteiger partial charge on any atom is -0.381 e. The molecule has 0 bridgehead atoms. The first-order valence-electron chi connectivity index (χ1n) is 5.82. The molecule has 0 fully saturated rings. The number of hydrogen-bond donors (Lipinski definition) is 1. The molecule has 0 saturated heterocycles. The summed E-state index contributed by atoms with van der Waals surface area (Å²) in [4.78, 5) is 2.31. The molecule has 18 heavy (non-hydrogen) atoms. The van der Waals surface area contributed by atoms with Crippen molar-refractivity contribution in [2.24, 2.45) is 0 Å². The van der Waals surface area contributed by atoms with E-state index in [2.05, 4.69) is 38.9 Å². The van der Waals surface area contributed by atoms with Gasteiger partial charge in [-0.1, -0.05) is 28.2 Å². The second-order valence-electron chi connectivity index (χ2n) is 4.37. The number of nitrogens with zero attached hydrogens (tertiary/aromatic N) is 3. The Morgan fingerprint density at radius 2 is 2.33 bits per heavy atom. The van der Waals surface area contributed by atoms with Crippen LogP contribution in [0.4, 0.5) is 11.4 Å². The van der Waals surface area contributed by atoms with Crippen molar-refractivity contribution < 1.29 is 0 Å². The lowest BCUT2D eigenvalue weighted by Crippen LogP contribution is -2.41. The Labute approximate surface area is 115 Å². The Morgan fingerprint density at radius 1 is 1.50 bits per heavy atom. The molecule has 0 amide bonds. The van der Waals surface area contributed by atoms with Crippen LogP contribution in [0.5, 0.6) is 0 Å². The maximum atomic E-state index is 6.09. The lowest BCUT2D eigenvalue weighted by Gasteiger charge is -2.37. The van der Waals surface area contributed by atoms with Gasteiger partial charge < -0.3 is 10.2 Å². The van der Waals surface area contributed by atoms with E-state index in [9.17, 15) is 0 Å². The van der Waals surface area contributed by atoms with Gasteiger partial charge in [0.1, 0.15) is 10.0 Å². The van der Waals surface area contributed by atoms with Gasteiger partial charge in [-0.2, -0.15) is 0 Å². The summed E-state index contributed by atoms with van der Waals surface area (Å²) in [5, 5.41) is 7.52. The molecule has 0 aliphatic carbocycles. The molecule has 0 radical (unpaired) electrons. The van der Waals surface area contributed by atoms with Crippen molar-refractivity contribution in [3.63, 3.8) is 0 Å². The van der Waals surface area contributed by atoms with Crippen molar-refractivity contribution >= 4 is 34.5 Å². The fourth-order valence-electron chi connectivity index (χ4n) is 2.17. The van der Waals surface area contributed by atoms with Gasteiger partial charge in [0.25, 0.3) is 0 Å². The molecule has 1 unspecified atom stereocenters. The smallest absolute Gasteiger partial charge is 0.139 e. The monoisotopic (exact) mass is 280 g/mol. The first kappa shape index (κ1) is 11.7. The van der Waals surface area contributed by atoms with Crippen molar-refractivity contribution in [3.8, 4) is 0 Å². The zero-order chi connectivity index (χ0) is 12.5. The van der Waals surface area contributed by atoms with E-state index in [1.165, 1.54) is 17.2 Å². The highest BCUT2D eigenvalue weighted by Crippen LogP contribution is 2.33. The molecule has 4 nitrogen and oxygen atoms in total. The van der Waals surface area contributed by atoms with E-state index in [1.807, 2.05) is 12.1 Å².